The molecule has 3 heterocycles. The van der Waals surface area contributed by atoms with E-state index in [1.807, 2.05) is 29.3 Å². The first-order chi connectivity index (χ1) is 23.4. The molecule has 256 valence electrons. The minimum atomic E-state index is -0.116. The van der Waals surface area contributed by atoms with E-state index in [1.54, 1.807) is 36.4 Å². The van der Waals surface area contributed by atoms with Crippen LogP contribution in [0.15, 0.2) is 78.3 Å². The molecule has 1 aromatic carbocycles. The van der Waals surface area contributed by atoms with Crippen LogP contribution in [0.5, 0.6) is 11.6 Å². The van der Waals surface area contributed by atoms with Gasteiger partial charge in [0.2, 0.25) is 12.3 Å². The van der Waals surface area contributed by atoms with E-state index < -0.39 is 0 Å². The number of rotatable bonds is 13. The van der Waals surface area contributed by atoms with Crippen molar-refractivity contribution in [2.75, 3.05) is 39.9 Å². The molecule has 0 bridgehead atoms. The molecule has 48 heavy (non-hydrogen) atoms. The zero-order chi connectivity index (χ0) is 33.3. The fourth-order valence-corrected chi connectivity index (χ4v) is 6.86. The highest BCUT2D eigenvalue weighted by Gasteiger charge is 2.32. The number of likely N-dealkylation sites (N-methyl/N-ethyl adjacent to an activating group) is 1. The molecule has 2 aliphatic heterocycles. The van der Waals surface area contributed by atoms with Gasteiger partial charge in [0.25, 0.3) is 5.91 Å². The lowest BCUT2D eigenvalue weighted by atomic mass is 9.95. The summed E-state index contributed by atoms with van der Waals surface area (Å²) in [7, 11) is 2.15. The van der Waals surface area contributed by atoms with Crippen molar-refractivity contribution in [1.29, 1.82) is 0 Å². The SMILES string of the molecule is CN(CC(C1=C/CC/C(F)=C/C=C\1)N(C=O)C1CCN(Cc2ccc(Oc3ccc(C(=O)NC4CC4)cc3)nc2)CC1)C1CCOCC1. The second-order valence-electron chi connectivity index (χ2n) is 13.5. The molecular formula is C38H48FN5O4. The van der Waals surface area contributed by atoms with Crippen LogP contribution in [0.3, 0.4) is 0 Å². The van der Waals surface area contributed by atoms with Crippen LogP contribution in [0.25, 0.3) is 0 Å². The van der Waals surface area contributed by atoms with Gasteiger partial charge in [-0.25, -0.2) is 9.37 Å². The van der Waals surface area contributed by atoms with E-state index in [9.17, 15) is 14.0 Å². The molecule has 3 fully saturated rings. The Balaban J connectivity index is 1.03. The number of hydrogen-bond acceptors (Lipinski definition) is 7. The van der Waals surface area contributed by atoms with E-state index in [1.165, 1.54) is 0 Å². The number of amides is 2. The van der Waals surface area contributed by atoms with Crippen LogP contribution in [-0.4, -0.2) is 96.1 Å². The third-order valence-electron chi connectivity index (χ3n) is 9.90. The lowest BCUT2D eigenvalue weighted by Gasteiger charge is -2.43. The van der Waals surface area contributed by atoms with Crippen LogP contribution in [-0.2, 0) is 16.1 Å². The highest BCUT2D eigenvalue weighted by Crippen LogP contribution is 2.27. The van der Waals surface area contributed by atoms with Crippen molar-refractivity contribution in [3.63, 3.8) is 0 Å². The van der Waals surface area contributed by atoms with Gasteiger partial charge in [0.1, 0.15) is 11.6 Å². The summed E-state index contributed by atoms with van der Waals surface area (Å²) >= 11 is 0. The number of carbonyl (C=O) groups excluding carboxylic acids is 2. The third kappa shape index (κ3) is 9.39. The number of likely N-dealkylation sites (tertiary alicyclic amines) is 1. The number of halogens is 1. The first kappa shape index (κ1) is 34.0. The minimum absolute atomic E-state index is 0.0487. The van der Waals surface area contributed by atoms with Gasteiger partial charge in [-0.3, -0.25) is 14.5 Å². The maximum atomic E-state index is 14.0. The number of carbonyl (C=O) groups is 2. The number of hydrogen-bond donors (Lipinski definition) is 1. The average Bonchev–Trinajstić information content (AvgIpc) is 3.92. The summed E-state index contributed by atoms with van der Waals surface area (Å²) in [5, 5.41) is 3.00. The van der Waals surface area contributed by atoms with Gasteiger partial charge in [0.15, 0.2) is 0 Å². The third-order valence-corrected chi connectivity index (χ3v) is 9.90. The second kappa shape index (κ2) is 16.5. The Hall–Kier alpha value is -3.86. The number of ether oxygens (including phenoxy) is 2. The van der Waals surface area contributed by atoms with Crippen molar-refractivity contribution >= 4 is 12.3 Å². The molecule has 0 radical (unpaired) electrons. The quantitative estimate of drug-likeness (QED) is 0.273. The van der Waals surface area contributed by atoms with Crippen molar-refractivity contribution in [2.24, 2.45) is 0 Å². The van der Waals surface area contributed by atoms with Crippen LogP contribution in [0.4, 0.5) is 4.39 Å². The molecule has 10 heteroatoms. The van der Waals surface area contributed by atoms with Crippen molar-refractivity contribution in [3.05, 3.63) is 89.4 Å². The molecule has 9 nitrogen and oxygen atoms in total. The van der Waals surface area contributed by atoms with Gasteiger partial charge in [0, 0.05) is 81.8 Å². The smallest absolute Gasteiger partial charge is 0.251 e. The van der Waals surface area contributed by atoms with Crippen LogP contribution >= 0.6 is 0 Å². The van der Waals surface area contributed by atoms with Crippen LogP contribution in [0.1, 0.15) is 67.3 Å². The van der Waals surface area contributed by atoms with E-state index in [4.69, 9.17) is 9.47 Å². The fourth-order valence-electron chi connectivity index (χ4n) is 6.86. The Morgan fingerprint density at radius 1 is 1.08 bits per heavy atom. The molecule has 1 N–H and O–H groups in total. The van der Waals surface area contributed by atoms with E-state index in [0.717, 1.165) is 95.5 Å². The zero-order valence-electron chi connectivity index (χ0n) is 27.9. The summed E-state index contributed by atoms with van der Waals surface area (Å²) < 4.78 is 25.5. The molecule has 1 aromatic heterocycles. The molecule has 1 saturated carbocycles. The summed E-state index contributed by atoms with van der Waals surface area (Å²) in [4.78, 5) is 36.4. The molecule has 4 aliphatic rings. The fraction of sp³-hybridized carbons (Fsp3) is 0.500. The van der Waals surface area contributed by atoms with Gasteiger partial charge in [-0.1, -0.05) is 24.3 Å². The van der Waals surface area contributed by atoms with Gasteiger partial charge in [0.05, 0.1) is 6.04 Å². The van der Waals surface area contributed by atoms with Crippen LogP contribution in [0.2, 0.25) is 0 Å². The predicted octanol–water partition coefficient (Wildman–Crippen LogP) is 5.80. The lowest BCUT2D eigenvalue weighted by molar-refractivity contribution is -0.123. The number of piperidine rings is 1. The minimum Gasteiger partial charge on any atom is -0.439 e. The van der Waals surface area contributed by atoms with Crippen molar-refractivity contribution in [3.8, 4) is 11.6 Å². The van der Waals surface area contributed by atoms with Crippen molar-refractivity contribution in [1.82, 2.24) is 25.0 Å². The first-order valence-corrected chi connectivity index (χ1v) is 17.4. The Kier molecular flexibility index (Phi) is 11.7. The summed E-state index contributed by atoms with van der Waals surface area (Å²) in [6, 6.07) is 11.8. The Bertz CT molecular complexity index is 1460. The average molecular weight is 658 g/mol. The Labute approximate surface area is 283 Å². The molecular weight excluding hydrogens is 609 g/mol. The van der Waals surface area contributed by atoms with Crippen LogP contribution < -0.4 is 10.1 Å². The summed E-state index contributed by atoms with van der Waals surface area (Å²) in [5.74, 6) is 0.968. The maximum absolute atomic E-state index is 14.0. The number of nitrogens with one attached hydrogen (secondary N) is 1. The van der Waals surface area contributed by atoms with Crippen molar-refractivity contribution in [2.45, 2.75) is 82.1 Å². The van der Waals surface area contributed by atoms with Gasteiger partial charge in [-0.2, -0.15) is 0 Å². The molecule has 1 unspecified atom stereocenters. The predicted molar refractivity (Wildman–Crippen MR) is 183 cm³/mol. The molecule has 2 aliphatic carbocycles. The van der Waals surface area contributed by atoms with Crippen molar-refractivity contribution < 1.29 is 23.5 Å². The van der Waals surface area contributed by atoms with E-state index in [0.29, 0.717) is 42.1 Å². The molecule has 6 rings (SSSR count). The second-order valence-corrected chi connectivity index (χ2v) is 13.5. The van der Waals surface area contributed by atoms with E-state index >= 15 is 0 Å². The summed E-state index contributed by atoms with van der Waals surface area (Å²) in [6.07, 6.45) is 17.1. The van der Waals surface area contributed by atoms with E-state index in [2.05, 4.69) is 33.2 Å². The zero-order valence-corrected chi connectivity index (χ0v) is 27.9. The highest BCUT2D eigenvalue weighted by molar-refractivity contribution is 5.94. The van der Waals surface area contributed by atoms with E-state index in [-0.39, 0.29) is 23.8 Å². The molecule has 2 aromatic rings. The number of pyridine rings is 1. The van der Waals surface area contributed by atoms with Gasteiger partial charge in [-0.05, 0) is 93.5 Å². The van der Waals surface area contributed by atoms with Crippen LogP contribution in [0, 0.1) is 0 Å². The number of nitrogens with zero attached hydrogens (tertiary/aromatic N) is 4. The van der Waals surface area contributed by atoms with Gasteiger partial charge < -0.3 is 24.6 Å². The molecule has 0 spiro atoms. The van der Waals surface area contributed by atoms with Gasteiger partial charge in [-0.15, -0.1) is 0 Å². The summed E-state index contributed by atoms with van der Waals surface area (Å²) in [6.45, 7) is 4.78. The standard InChI is InChI=1S/C38H48FN5O4/c1-42(33-18-22-47-23-19-33)26-36(29-4-2-6-31(39)7-3-5-29)44(27-45)34-16-20-43(21-17-34)25-28-8-15-37(40-24-28)48-35-13-9-30(10-14-35)38(46)41-32-11-12-32/h2,4-6,8-10,13-15,24,27,32-34,36H,3,7,11-12,16-23,25-26H2,1H3,(H,41,46)/b4-2-,29-5+,31-6-. The largest absolute Gasteiger partial charge is 0.439 e. The Morgan fingerprint density at radius 2 is 1.85 bits per heavy atom. The Morgan fingerprint density at radius 3 is 2.54 bits per heavy atom. The molecule has 2 saturated heterocycles. The normalized spacial score (nSPS) is 23.1. The lowest BCUT2D eigenvalue weighted by Crippen LogP contribution is -2.53. The molecule has 1 atom stereocenters. The summed E-state index contributed by atoms with van der Waals surface area (Å²) in [5.41, 5.74) is 2.80. The highest BCUT2D eigenvalue weighted by atomic mass is 19.1. The number of aromatic nitrogens is 1. The number of allylic oxidation sites excluding steroid dienone is 4. The first-order valence-electron chi connectivity index (χ1n) is 17.4. The topological polar surface area (TPSA) is 87.2 Å². The maximum Gasteiger partial charge on any atom is 0.251 e. The molecule has 2 amide bonds. The monoisotopic (exact) mass is 657 g/mol. The number of benzene rings is 1. The van der Waals surface area contributed by atoms with Gasteiger partial charge >= 0.3 is 0 Å².